The SMILES string of the molecule is CCc1ccc(-c2cccc(C(C)C)c2)cc1. The fourth-order valence-electron chi connectivity index (χ4n) is 2.01. The van der Waals surface area contributed by atoms with E-state index in [1.54, 1.807) is 0 Å². The molecular weight excluding hydrogens is 204 g/mol. The smallest absolute Gasteiger partial charge is 0.0181 e. The quantitative estimate of drug-likeness (QED) is 0.685. The molecule has 0 radical (unpaired) electrons. The van der Waals surface area contributed by atoms with Gasteiger partial charge >= 0.3 is 0 Å². The Bertz CT molecular complexity index is 478. The fourth-order valence-corrected chi connectivity index (χ4v) is 2.01. The summed E-state index contributed by atoms with van der Waals surface area (Å²) in [6.45, 7) is 6.66. The highest BCUT2D eigenvalue weighted by Crippen LogP contribution is 2.24. The summed E-state index contributed by atoms with van der Waals surface area (Å²) >= 11 is 0. The molecule has 0 heteroatoms. The Morgan fingerprint density at radius 1 is 0.882 bits per heavy atom. The summed E-state index contributed by atoms with van der Waals surface area (Å²) < 4.78 is 0. The van der Waals surface area contributed by atoms with E-state index in [1.165, 1.54) is 22.3 Å². The topological polar surface area (TPSA) is 0 Å². The van der Waals surface area contributed by atoms with Crippen LogP contribution in [0.25, 0.3) is 11.1 Å². The number of rotatable bonds is 3. The molecule has 88 valence electrons. The predicted molar refractivity (Wildman–Crippen MR) is 75.3 cm³/mol. The van der Waals surface area contributed by atoms with Crippen LogP contribution in [0.5, 0.6) is 0 Å². The molecule has 0 N–H and O–H groups in total. The second-order valence-corrected chi connectivity index (χ2v) is 4.83. The first-order valence-corrected chi connectivity index (χ1v) is 6.40. The highest BCUT2D eigenvalue weighted by molar-refractivity contribution is 5.64. The molecule has 0 nitrogen and oxygen atoms in total. The highest BCUT2D eigenvalue weighted by atomic mass is 14.1. The van der Waals surface area contributed by atoms with Crippen molar-refractivity contribution < 1.29 is 0 Å². The summed E-state index contributed by atoms with van der Waals surface area (Å²) in [6.07, 6.45) is 1.10. The van der Waals surface area contributed by atoms with Gasteiger partial charge in [-0.25, -0.2) is 0 Å². The zero-order valence-corrected chi connectivity index (χ0v) is 10.9. The van der Waals surface area contributed by atoms with Gasteiger partial charge in [0.2, 0.25) is 0 Å². The van der Waals surface area contributed by atoms with Gasteiger partial charge < -0.3 is 0 Å². The molecule has 2 rings (SSSR count). The molecule has 0 bridgehead atoms. The Morgan fingerprint density at radius 3 is 2.18 bits per heavy atom. The summed E-state index contributed by atoms with van der Waals surface area (Å²) in [4.78, 5) is 0. The first-order valence-electron chi connectivity index (χ1n) is 6.40. The third-order valence-electron chi connectivity index (χ3n) is 3.25. The largest absolute Gasteiger partial charge is 0.0614 e. The summed E-state index contributed by atoms with van der Waals surface area (Å²) in [6, 6.07) is 17.7. The van der Waals surface area contributed by atoms with E-state index in [0.29, 0.717) is 5.92 Å². The molecule has 0 aliphatic rings. The molecule has 0 saturated carbocycles. The van der Waals surface area contributed by atoms with E-state index >= 15 is 0 Å². The normalized spacial score (nSPS) is 10.8. The van der Waals surface area contributed by atoms with Crippen molar-refractivity contribution in [2.45, 2.75) is 33.1 Å². The standard InChI is InChI=1S/C17H20/c1-4-14-8-10-15(11-9-14)17-7-5-6-16(12-17)13(2)3/h5-13H,4H2,1-3H3. The van der Waals surface area contributed by atoms with E-state index in [2.05, 4.69) is 69.3 Å². The maximum Gasteiger partial charge on any atom is -0.0181 e. The summed E-state index contributed by atoms with van der Waals surface area (Å²) in [5.41, 5.74) is 5.43. The van der Waals surface area contributed by atoms with Gasteiger partial charge in [0.25, 0.3) is 0 Å². The molecule has 0 unspecified atom stereocenters. The number of hydrogen-bond donors (Lipinski definition) is 0. The average molecular weight is 224 g/mol. The molecule has 17 heavy (non-hydrogen) atoms. The second-order valence-electron chi connectivity index (χ2n) is 4.83. The minimum atomic E-state index is 0.588. The molecule has 0 spiro atoms. The lowest BCUT2D eigenvalue weighted by Gasteiger charge is -2.08. The predicted octanol–water partition coefficient (Wildman–Crippen LogP) is 5.04. The summed E-state index contributed by atoms with van der Waals surface area (Å²) in [7, 11) is 0. The van der Waals surface area contributed by atoms with Crippen LogP contribution in [-0.4, -0.2) is 0 Å². The molecule has 2 aromatic carbocycles. The number of benzene rings is 2. The van der Waals surface area contributed by atoms with Crippen LogP contribution in [-0.2, 0) is 6.42 Å². The lowest BCUT2D eigenvalue weighted by atomic mass is 9.97. The second kappa shape index (κ2) is 5.18. The maximum absolute atomic E-state index is 2.30. The molecule has 0 aliphatic heterocycles. The van der Waals surface area contributed by atoms with Crippen molar-refractivity contribution in [2.75, 3.05) is 0 Å². The molecule has 0 fully saturated rings. The van der Waals surface area contributed by atoms with E-state index in [-0.39, 0.29) is 0 Å². The Morgan fingerprint density at radius 2 is 1.59 bits per heavy atom. The highest BCUT2D eigenvalue weighted by Gasteiger charge is 2.02. The first-order chi connectivity index (χ1) is 8.20. The van der Waals surface area contributed by atoms with Crippen molar-refractivity contribution in [1.82, 2.24) is 0 Å². The minimum Gasteiger partial charge on any atom is -0.0614 e. The van der Waals surface area contributed by atoms with Crippen LogP contribution in [0.3, 0.4) is 0 Å². The maximum atomic E-state index is 2.30. The van der Waals surface area contributed by atoms with Crippen LogP contribution in [0.1, 0.15) is 37.8 Å². The lowest BCUT2D eigenvalue weighted by Crippen LogP contribution is -1.88. The van der Waals surface area contributed by atoms with E-state index in [4.69, 9.17) is 0 Å². The summed E-state index contributed by atoms with van der Waals surface area (Å²) in [5.74, 6) is 0.588. The van der Waals surface area contributed by atoms with Crippen molar-refractivity contribution in [2.24, 2.45) is 0 Å². The van der Waals surface area contributed by atoms with Gasteiger partial charge in [-0.1, -0.05) is 69.3 Å². The molecular formula is C17H20. The third-order valence-corrected chi connectivity index (χ3v) is 3.25. The molecule has 0 heterocycles. The molecule has 0 amide bonds. The Hall–Kier alpha value is -1.56. The van der Waals surface area contributed by atoms with E-state index in [0.717, 1.165) is 6.42 Å². The van der Waals surface area contributed by atoms with Gasteiger partial charge in [0.05, 0.1) is 0 Å². The molecule has 0 aromatic heterocycles. The third kappa shape index (κ3) is 2.76. The minimum absolute atomic E-state index is 0.588. The summed E-state index contributed by atoms with van der Waals surface area (Å²) in [5, 5.41) is 0. The monoisotopic (exact) mass is 224 g/mol. The Labute approximate surface area is 104 Å². The molecule has 0 aliphatic carbocycles. The van der Waals surface area contributed by atoms with E-state index in [1.807, 2.05) is 0 Å². The molecule has 0 atom stereocenters. The van der Waals surface area contributed by atoms with Gasteiger partial charge in [0, 0.05) is 0 Å². The van der Waals surface area contributed by atoms with Gasteiger partial charge in [-0.2, -0.15) is 0 Å². The van der Waals surface area contributed by atoms with Gasteiger partial charge in [0.1, 0.15) is 0 Å². The number of hydrogen-bond acceptors (Lipinski definition) is 0. The van der Waals surface area contributed by atoms with Crippen molar-refractivity contribution in [3.8, 4) is 11.1 Å². The van der Waals surface area contributed by atoms with Crippen LogP contribution in [0.2, 0.25) is 0 Å². The Balaban J connectivity index is 2.35. The van der Waals surface area contributed by atoms with Crippen LogP contribution in [0.15, 0.2) is 48.5 Å². The van der Waals surface area contributed by atoms with Crippen LogP contribution < -0.4 is 0 Å². The van der Waals surface area contributed by atoms with Gasteiger partial charge in [0.15, 0.2) is 0 Å². The van der Waals surface area contributed by atoms with Gasteiger partial charge in [-0.05, 0) is 34.6 Å². The number of aryl methyl sites for hydroxylation is 1. The first kappa shape index (κ1) is 11.9. The van der Waals surface area contributed by atoms with Crippen molar-refractivity contribution in [3.63, 3.8) is 0 Å². The average Bonchev–Trinajstić information content (AvgIpc) is 2.39. The van der Waals surface area contributed by atoms with Crippen molar-refractivity contribution in [3.05, 3.63) is 59.7 Å². The van der Waals surface area contributed by atoms with Crippen LogP contribution in [0, 0.1) is 0 Å². The fraction of sp³-hybridized carbons (Fsp3) is 0.294. The van der Waals surface area contributed by atoms with Crippen molar-refractivity contribution >= 4 is 0 Å². The lowest BCUT2D eigenvalue weighted by molar-refractivity contribution is 0.867. The zero-order valence-electron chi connectivity index (χ0n) is 10.9. The molecule has 0 saturated heterocycles. The Kier molecular flexibility index (Phi) is 3.63. The van der Waals surface area contributed by atoms with Crippen LogP contribution in [0.4, 0.5) is 0 Å². The van der Waals surface area contributed by atoms with Crippen molar-refractivity contribution in [1.29, 1.82) is 0 Å². The molecule has 2 aromatic rings. The van der Waals surface area contributed by atoms with E-state index in [9.17, 15) is 0 Å². The van der Waals surface area contributed by atoms with Gasteiger partial charge in [-0.15, -0.1) is 0 Å². The zero-order chi connectivity index (χ0) is 12.3. The van der Waals surface area contributed by atoms with Gasteiger partial charge in [-0.3, -0.25) is 0 Å². The van der Waals surface area contributed by atoms with E-state index < -0.39 is 0 Å². The van der Waals surface area contributed by atoms with Crippen LogP contribution >= 0.6 is 0 Å².